The Balaban J connectivity index is 1.50. The van der Waals surface area contributed by atoms with Crippen molar-refractivity contribution < 1.29 is 9.47 Å². The highest BCUT2D eigenvalue weighted by Gasteiger charge is 2.31. The fourth-order valence-electron chi connectivity index (χ4n) is 5.03. The number of fused-ring (bicyclic) bond motifs is 2. The fraction of sp³-hybridized carbons (Fsp3) is 0.609. The molecule has 150 valence electrons. The minimum absolute atomic E-state index is 0.534. The van der Waals surface area contributed by atoms with Gasteiger partial charge in [-0.15, -0.1) is 0 Å². The third-order valence-corrected chi connectivity index (χ3v) is 6.69. The van der Waals surface area contributed by atoms with Gasteiger partial charge in [-0.1, -0.05) is 0 Å². The second-order valence-electron chi connectivity index (χ2n) is 8.53. The van der Waals surface area contributed by atoms with Crippen molar-refractivity contribution in [2.75, 3.05) is 32.6 Å². The predicted molar refractivity (Wildman–Crippen MR) is 113 cm³/mol. The lowest BCUT2D eigenvalue weighted by Gasteiger charge is -2.23. The zero-order chi connectivity index (χ0) is 19.1. The van der Waals surface area contributed by atoms with E-state index in [1.165, 1.54) is 73.9 Å². The smallest absolute Gasteiger partial charge is 0.162 e. The van der Waals surface area contributed by atoms with Crippen molar-refractivity contribution in [3.05, 3.63) is 23.4 Å². The summed E-state index contributed by atoms with van der Waals surface area (Å²) in [4.78, 5) is 7.68. The van der Waals surface area contributed by atoms with Gasteiger partial charge in [0.05, 0.1) is 19.7 Å². The van der Waals surface area contributed by atoms with Crippen LogP contribution in [0, 0.1) is 0 Å². The van der Waals surface area contributed by atoms with Crippen LogP contribution in [-0.2, 0) is 12.8 Å². The Morgan fingerprint density at radius 1 is 0.964 bits per heavy atom. The van der Waals surface area contributed by atoms with Crippen molar-refractivity contribution in [3.63, 3.8) is 0 Å². The Labute approximate surface area is 167 Å². The van der Waals surface area contributed by atoms with Gasteiger partial charge in [0.25, 0.3) is 0 Å². The standard InChI is InChI=1S/C23H31N3O2/c1-27-21-13-18-20(14-22(21)28-2)25-19-7-3-6-17(19)23(18)24-15-5-4-11-26(12-10-15)16-8-9-16/h13-16H,3-12H2,1-2H3,(H,24,25)/t15-/m1/s1. The number of anilines is 1. The van der Waals surface area contributed by atoms with E-state index in [2.05, 4.69) is 16.3 Å². The second-order valence-corrected chi connectivity index (χ2v) is 8.53. The number of likely N-dealkylation sites (tertiary alicyclic amines) is 1. The minimum atomic E-state index is 0.534. The molecule has 1 N–H and O–H groups in total. The summed E-state index contributed by atoms with van der Waals surface area (Å²) in [6.07, 6.45) is 9.96. The first-order valence-electron chi connectivity index (χ1n) is 10.8. The van der Waals surface area contributed by atoms with Crippen molar-refractivity contribution in [1.82, 2.24) is 9.88 Å². The topological polar surface area (TPSA) is 46.6 Å². The van der Waals surface area contributed by atoms with Crippen molar-refractivity contribution in [2.45, 2.75) is 63.5 Å². The van der Waals surface area contributed by atoms with Gasteiger partial charge in [0.1, 0.15) is 0 Å². The number of benzene rings is 1. The van der Waals surface area contributed by atoms with Crippen LogP contribution in [0.5, 0.6) is 11.5 Å². The number of aromatic nitrogens is 1. The lowest BCUT2D eigenvalue weighted by atomic mass is 10.0. The van der Waals surface area contributed by atoms with Gasteiger partial charge in [-0.3, -0.25) is 4.98 Å². The van der Waals surface area contributed by atoms with E-state index < -0.39 is 0 Å². The molecule has 2 aromatic rings. The van der Waals surface area contributed by atoms with Crippen LogP contribution in [0.4, 0.5) is 5.69 Å². The first kappa shape index (κ1) is 18.0. The zero-order valence-electron chi connectivity index (χ0n) is 17.1. The molecule has 1 aliphatic heterocycles. The summed E-state index contributed by atoms with van der Waals surface area (Å²) in [6, 6.07) is 5.54. The van der Waals surface area contributed by atoms with E-state index in [1.807, 2.05) is 6.07 Å². The predicted octanol–water partition coefficient (Wildman–Crippen LogP) is 4.17. The Bertz CT molecular complexity index is 878. The van der Waals surface area contributed by atoms with Gasteiger partial charge in [-0.05, 0) is 69.5 Å². The molecule has 0 radical (unpaired) electrons. The Kier molecular flexibility index (Phi) is 4.79. The van der Waals surface area contributed by atoms with E-state index in [0.29, 0.717) is 6.04 Å². The number of hydrogen-bond donors (Lipinski definition) is 1. The fourth-order valence-corrected chi connectivity index (χ4v) is 5.03. The van der Waals surface area contributed by atoms with Gasteiger partial charge in [-0.25, -0.2) is 0 Å². The van der Waals surface area contributed by atoms with E-state index >= 15 is 0 Å². The molecule has 0 bridgehead atoms. The number of methoxy groups -OCH3 is 2. The van der Waals surface area contributed by atoms with Crippen molar-refractivity contribution in [2.24, 2.45) is 0 Å². The molecular formula is C23H31N3O2. The van der Waals surface area contributed by atoms with Gasteiger partial charge in [0.2, 0.25) is 0 Å². The molecule has 2 heterocycles. The zero-order valence-corrected chi connectivity index (χ0v) is 17.1. The Morgan fingerprint density at radius 2 is 1.79 bits per heavy atom. The summed E-state index contributed by atoms with van der Waals surface area (Å²) < 4.78 is 11.1. The first-order valence-corrected chi connectivity index (χ1v) is 10.8. The van der Waals surface area contributed by atoms with Crippen molar-refractivity contribution in [3.8, 4) is 11.5 Å². The molecule has 2 aliphatic carbocycles. The normalized spacial score (nSPS) is 22.7. The van der Waals surface area contributed by atoms with Crippen LogP contribution in [0.2, 0.25) is 0 Å². The Morgan fingerprint density at radius 3 is 2.57 bits per heavy atom. The molecule has 2 fully saturated rings. The lowest BCUT2D eigenvalue weighted by molar-refractivity contribution is 0.274. The second kappa shape index (κ2) is 7.43. The summed E-state index contributed by atoms with van der Waals surface area (Å²) in [7, 11) is 3.39. The third-order valence-electron chi connectivity index (χ3n) is 6.69. The van der Waals surface area contributed by atoms with E-state index in [9.17, 15) is 0 Å². The molecule has 28 heavy (non-hydrogen) atoms. The number of ether oxygens (including phenoxy) is 2. The average molecular weight is 382 g/mol. The largest absolute Gasteiger partial charge is 0.493 e. The first-order chi connectivity index (χ1) is 13.8. The molecule has 5 rings (SSSR count). The van der Waals surface area contributed by atoms with Gasteiger partial charge in [-0.2, -0.15) is 0 Å². The molecule has 0 amide bonds. The summed E-state index contributed by atoms with van der Waals surface area (Å²) in [6.45, 7) is 2.49. The lowest BCUT2D eigenvalue weighted by Crippen LogP contribution is -2.28. The van der Waals surface area contributed by atoms with Crippen LogP contribution >= 0.6 is 0 Å². The monoisotopic (exact) mass is 381 g/mol. The molecule has 0 spiro atoms. The molecular weight excluding hydrogens is 350 g/mol. The van der Waals surface area contributed by atoms with Crippen LogP contribution in [0.1, 0.15) is 49.8 Å². The van der Waals surface area contributed by atoms with E-state index in [-0.39, 0.29) is 0 Å². The third kappa shape index (κ3) is 3.30. The number of nitrogens with one attached hydrogen (secondary N) is 1. The molecule has 1 atom stereocenters. The van der Waals surface area contributed by atoms with Gasteiger partial charge < -0.3 is 19.7 Å². The summed E-state index contributed by atoms with van der Waals surface area (Å²) in [5.41, 5.74) is 4.98. The number of aryl methyl sites for hydroxylation is 1. The minimum Gasteiger partial charge on any atom is -0.493 e. The molecule has 1 saturated carbocycles. The highest BCUT2D eigenvalue weighted by Crippen LogP contribution is 2.40. The average Bonchev–Trinajstić information content (AvgIpc) is 3.49. The van der Waals surface area contributed by atoms with Gasteiger partial charge >= 0.3 is 0 Å². The SMILES string of the molecule is COc1cc2nc3c(c(N[C@@H]4CCCN(C5CC5)CC4)c2cc1OC)CCC3. The van der Waals surface area contributed by atoms with Crippen molar-refractivity contribution >= 4 is 16.6 Å². The molecule has 5 nitrogen and oxygen atoms in total. The van der Waals surface area contributed by atoms with Crippen LogP contribution in [0.15, 0.2) is 12.1 Å². The van der Waals surface area contributed by atoms with E-state index in [4.69, 9.17) is 14.5 Å². The number of hydrogen-bond acceptors (Lipinski definition) is 5. The van der Waals surface area contributed by atoms with E-state index in [1.54, 1.807) is 14.2 Å². The summed E-state index contributed by atoms with van der Waals surface area (Å²) in [5.74, 6) is 1.53. The highest BCUT2D eigenvalue weighted by molar-refractivity contribution is 5.96. The Hall–Kier alpha value is -2.01. The molecule has 5 heteroatoms. The molecule has 1 saturated heterocycles. The number of nitrogens with zero attached hydrogens (tertiary/aromatic N) is 2. The highest BCUT2D eigenvalue weighted by atomic mass is 16.5. The molecule has 1 aromatic carbocycles. The quantitative estimate of drug-likeness (QED) is 0.842. The van der Waals surface area contributed by atoms with Gasteiger partial charge in [0, 0.05) is 41.5 Å². The maximum absolute atomic E-state index is 5.59. The molecule has 3 aliphatic rings. The summed E-state index contributed by atoms with van der Waals surface area (Å²) in [5, 5.41) is 5.14. The number of rotatable bonds is 5. The van der Waals surface area contributed by atoms with Crippen LogP contribution in [-0.4, -0.2) is 49.3 Å². The van der Waals surface area contributed by atoms with E-state index in [0.717, 1.165) is 35.9 Å². The van der Waals surface area contributed by atoms with Crippen molar-refractivity contribution in [1.29, 1.82) is 0 Å². The maximum atomic E-state index is 5.59. The summed E-state index contributed by atoms with van der Waals surface area (Å²) >= 11 is 0. The molecule has 1 aromatic heterocycles. The molecule has 0 unspecified atom stereocenters. The van der Waals surface area contributed by atoms with Gasteiger partial charge in [0.15, 0.2) is 11.5 Å². The maximum Gasteiger partial charge on any atom is 0.162 e. The van der Waals surface area contributed by atoms with Crippen LogP contribution in [0.3, 0.4) is 0 Å². The number of pyridine rings is 1. The van der Waals surface area contributed by atoms with Crippen LogP contribution in [0.25, 0.3) is 10.9 Å². The van der Waals surface area contributed by atoms with Crippen LogP contribution < -0.4 is 14.8 Å².